The van der Waals surface area contributed by atoms with Gasteiger partial charge in [-0.1, -0.05) is 11.6 Å². The van der Waals surface area contributed by atoms with E-state index in [9.17, 15) is 4.79 Å². The molecule has 0 spiro atoms. The smallest absolute Gasteiger partial charge is 0.339 e. The van der Waals surface area contributed by atoms with Gasteiger partial charge in [0.2, 0.25) is 0 Å². The summed E-state index contributed by atoms with van der Waals surface area (Å²) in [6.45, 7) is 3.92. The molecule has 16 heavy (non-hydrogen) atoms. The van der Waals surface area contributed by atoms with Crippen molar-refractivity contribution in [3.63, 3.8) is 0 Å². The fourth-order valence-electron chi connectivity index (χ4n) is 1.52. The number of halogens is 1. The Morgan fingerprint density at radius 2 is 2.31 bits per heavy atom. The van der Waals surface area contributed by atoms with Gasteiger partial charge < -0.3 is 9.72 Å². The van der Waals surface area contributed by atoms with Crippen molar-refractivity contribution in [1.29, 1.82) is 0 Å². The van der Waals surface area contributed by atoms with Gasteiger partial charge in [0.15, 0.2) is 0 Å². The minimum Gasteiger partial charge on any atom is -0.462 e. The van der Waals surface area contributed by atoms with Gasteiger partial charge in [0.1, 0.15) is 5.82 Å². The van der Waals surface area contributed by atoms with E-state index in [1.807, 2.05) is 6.92 Å². The standard InChI is InChI=1S/C11H11ClN2O2/c1-3-16-11(15)7-4-9-10(5-8(7)12)14-6(2)13-9/h4-5H,3H2,1-2H3,(H,13,14). The number of aryl methyl sites for hydroxylation is 1. The second-order valence-corrected chi connectivity index (χ2v) is 3.80. The van der Waals surface area contributed by atoms with Crippen molar-refractivity contribution < 1.29 is 9.53 Å². The Hall–Kier alpha value is -1.55. The number of hydrogen-bond acceptors (Lipinski definition) is 3. The molecule has 0 saturated carbocycles. The molecule has 0 aliphatic rings. The van der Waals surface area contributed by atoms with Crippen molar-refractivity contribution >= 4 is 28.6 Å². The van der Waals surface area contributed by atoms with E-state index in [4.69, 9.17) is 16.3 Å². The number of H-pyrrole nitrogens is 1. The number of imidazole rings is 1. The highest BCUT2D eigenvalue weighted by molar-refractivity contribution is 6.34. The van der Waals surface area contributed by atoms with Crippen molar-refractivity contribution in [1.82, 2.24) is 9.97 Å². The van der Waals surface area contributed by atoms with Gasteiger partial charge in [0, 0.05) is 0 Å². The molecule has 1 aromatic heterocycles. The molecule has 0 fully saturated rings. The number of rotatable bonds is 2. The van der Waals surface area contributed by atoms with Crippen LogP contribution in [0.1, 0.15) is 23.1 Å². The topological polar surface area (TPSA) is 55.0 Å². The first-order chi connectivity index (χ1) is 7.61. The average molecular weight is 239 g/mol. The molecule has 84 valence electrons. The van der Waals surface area contributed by atoms with Crippen LogP contribution in [-0.4, -0.2) is 22.5 Å². The van der Waals surface area contributed by atoms with Gasteiger partial charge in [-0.3, -0.25) is 0 Å². The Kier molecular flexibility index (Phi) is 2.83. The highest BCUT2D eigenvalue weighted by atomic mass is 35.5. The number of fused-ring (bicyclic) bond motifs is 1. The summed E-state index contributed by atoms with van der Waals surface area (Å²) in [6, 6.07) is 3.32. The first kappa shape index (κ1) is 11.0. The van der Waals surface area contributed by atoms with Crippen molar-refractivity contribution in [3.05, 3.63) is 28.5 Å². The molecule has 1 heterocycles. The third-order valence-electron chi connectivity index (χ3n) is 2.18. The van der Waals surface area contributed by atoms with E-state index in [1.54, 1.807) is 19.1 Å². The molecule has 0 saturated heterocycles. The van der Waals surface area contributed by atoms with E-state index in [0.717, 1.165) is 11.3 Å². The van der Waals surface area contributed by atoms with Gasteiger partial charge >= 0.3 is 5.97 Å². The molecule has 2 rings (SSSR count). The summed E-state index contributed by atoms with van der Waals surface area (Å²) in [5, 5.41) is 0.370. The van der Waals surface area contributed by atoms with Crippen LogP contribution in [0.3, 0.4) is 0 Å². The fourth-order valence-corrected chi connectivity index (χ4v) is 1.76. The van der Waals surface area contributed by atoms with Gasteiger partial charge in [-0.05, 0) is 26.0 Å². The lowest BCUT2D eigenvalue weighted by molar-refractivity contribution is 0.0527. The monoisotopic (exact) mass is 238 g/mol. The van der Waals surface area contributed by atoms with E-state index < -0.39 is 5.97 Å². The zero-order valence-electron chi connectivity index (χ0n) is 9.00. The van der Waals surface area contributed by atoms with E-state index in [-0.39, 0.29) is 0 Å². The predicted molar refractivity (Wildman–Crippen MR) is 61.8 cm³/mol. The van der Waals surface area contributed by atoms with Crippen LogP contribution in [0.25, 0.3) is 11.0 Å². The number of carbonyl (C=O) groups excluding carboxylic acids is 1. The lowest BCUT2D eigenvalue weighted by Crippen LogP contribution is -2.05. The minimum atomic E-state index is -0.421. The zero-order chi connectivity index (χ0) is 11.7. The number of ether oxygens (including phenoxy) is 1. The van der Waals surface area contributed by atoms with Crippen LogP contribution >= 0.6 is 11.6 Å². The summed E-state index contributed by atoms with van der Waals surface area (Å²) in [7, 11) is 0. The number of nitrogens with zero attached hydrogens (tertiary/aromatic N) is 1. The third kappa shape index (κ3) is 1.88. The van der Waals surface area contributed by atoms with Gasteiger partial charge in [0.05, 0.1) is 28.2 Å². The number of aromatic amines is 1. The number of benzene rings is 1. The Bertz CT molecular complexity index is 548. The molecule has 5 heteroatoms. The maximum atomic E-state index is 11.6. The number of aromatic nitrogens is 2. The summed E-state index contributed by atoms with van der Waals surface area (Å²) in [6.07, 6.45) is 0. The second kappa shape index (κ2) is 4.14. The third-order valence-corrected chi connectivity index (χ3v) is 2.50. The van der Waals surface area contributed by atoms with E-state index in [2.05, 4.69) is 9.97 Å². The minimum absolute atomic E-state index is 0.326. The van der Waals surface area contributed by atoms with Crippen LogP contribution in [0.2, 0.25) is 5.02 Å². The highest BCUT2D eigenvalue weighted by Crippen LogP contribution is 2.23. The largest absolute Gasteiger partial charge is 0.462 e. The van der Waals surface area contributed by atoms with Crippen LogP contribution in [-0.2, 0) is 4.74 Å². The van der Waals surface area contributed by atoms with E-state index in [1.165, 1.54) is 0 Å². The fraction of sp³-hybridized carbons (Fsp3) is 0.273. The zero-order valence-corrected chi connectivity index (χ0v) is 9.76. The summed E-state index contributed by atoms with van der Waals surface area (Å²) in [5.41, 5.74) is 1.88. The van der Waals surface area contributed by atoms with Gasteiger partial charge in [-0.15, -0.1) is 0 Å². The molecule has 2 aromatic rings. The summed E-state index contributed by atoms with van der Waals surface area (Å²) >= 11 is 5.99. The Balaban J connectivity index is 2.53. The van der Waals surface area contributed by atoms with Crippen molar-refractivity contribution in [3.8, 4) is 0 Å². The SMILES string of the molecule is CCOC(=O)c1cc2nc(C)[nH]c2cc1Cl. The Morgan fingerprint density at radius 3 is 3.00 bits per heavy atom. The maximum absolute atomic E-state index is 11.6. The number of nitrogens with one attached hydrogen (secondary N) is 1. The molecular weight excluding hydrogens is 228 g/mol. The van der Waals surface area contributed by atoms with Crippen LogP contribution in [0, 0.1) is 6.92 Å². The van der Waals surface area contributed by atoms with Crippen molar-refractivity contribution in [2.45, 2.75) is 13.8 Å². The lowest BCUT2D eigenvalue weighted by atomic mass is 10.2. The Labute approximate surface area is 97.6 Å². The molecule has 0 aliphatic carbocycles. The molecule has 1 N–H and O–H groups in total. The molecule has 0 radical (unpaired) electrons. The first-order valence-electron chi connectivity index (χ1n) is 4.94. The second-order valence-electron chi connectivity index (χ2n) is 3.39. The molecule has 1 aromatic carbocycles. The van der Waals surface area contributed by atoms with Crippen LogP contribution in [0.4, 0.5) is 0 Å². The first-order valence-corrected chi connectivity index (χ1v) is 5.32. The molecule has 0 aliphatic heterocycles. The normalized spacial score (nSPS) is 10.7. The molecule has 0 atom stereocenters. The molecule has 0 unspecified atom stereocenters. The highest BCUT2D eigenvalue weighted by Gasteiger charge is 2.14. The maximum Gasteiger partial charge on any atom is 0.339 e. The van der Waals surface area contributed by atoms with Crippen LogP contribution < -0.4 is 0 Å². The number of carbonyl (C=O) groups is 1. The quantitative estimate of drug-likeness (QED) is 0.819. The molecule has 0 bridgehead atoms. The molecule has 0 amide bonds. The predicted octanol–water partition coefficient (Wildman–Crippen LogP) is 2.70. The summed E-state index contributed by atoms with van der Waals surface area (Å²) < 4.78 is 4.90. The van der Waals surface area contributed by atoms with E-state index >= 15 is 0 Å². The Morgan fingerprint density at radius 1 is 1.56 bits per heavy atom. The van der Waals surface area contributed by atoms with E-state index in [0.29, 0.717) is 22.7 Å². The van der Waals surface area contributed by atoms with Gasteiger partial charge in [-0.2, -0.15) is 0 Å². The number of hydrogen-bond donors (Lipinski definition) is 1. The molecule has 4 nitrogen and oxygen atoms in total. The van der Waals surface area contributed by atoms with Crippen LogP contribution in [0.15, 0.2) is 12.1 Å². The lowest BCUT2D eigenvalue weighted by Gasteiger charge is -2.03. The van der Waals surface area contributed by atoms with Crippen LogP contribution in [0.5, 0.6) is 0 Å². The van der Waals surface area contributed by atoms with Crippen molar-refractivity contribution in [2.75, 3.05) is 6.61 Å². The summed E-state index contributed by atoms with van der Waals surface area (Å²) in [4.78, 5) is 18.9. The summed E-state index contributed by atoms with van der Waals surface area (Å²) in [5.74, 6) is 0.363. The average Bonchev–Trinajstić information content (AvgIpc) is 2.56. The van der Waals surface area contributed by atoms with Gasteiger partial charge in [-0.25, -0.2) is 9.78 Å². The number of esters is 1. The molecular formula is C11H11ClN2O2. The van der Waals surface area contributed by atoms with Gasteiger partial charge in [0.25, 0.3) is 0 Å². The van der Waals surface area contributed by atoms with Crippen molar-refractivity contribution in [2.24, 2.45) is 0 Å².